The molecule has 0 aliphatic carbocycles. The van der Waals surface area contributed by atoms with Crippen LogP contribution in [0.2, 0.25) is 0 Å². The van der Waals surface area contributed by atoms with E-state index < -0.39 is 17.9 Å². The molecule has 4 rings (SSSR count). The topological polar surface area (TPSA) is 88.9 Å². The van der Waals surface area contributed by atoms with Crippen LogP contribution in [0.25, 0.3) is 5.76 Å². The van der Waals surface area contributed by atoms with E-state index in [0.717, 1.165) is 0 Å². The number of carbonyl (C=O) groups excluding carboxylic acids is 2. The predicted molar refractivity (Wildman–Crippen MR) is 120 cm³/mol. The van der Waals surface area contributed by atoms with Crippen LogP contribution < -0.4 is 9.47 Å². The Morgan fingerprint density at radius 3 is 2.03 bits per heavy atom. The monoisotopic (exact) mass is 440 g/mol. The Bertz CT molecular complexity index is 1260. The fourth-order valence-electron chi connectivity index (χ4n) is 3.61. The van der Waals surface area contributed by atoms with Gasteiger partial charge in [0.2, 0.25) is 0 Å². The number of hydrogen-bond acceptors (Lipinski definition) is 6. The highest BCUT2D eigenvalue weighted by atomic mass is 16.5. The maximum absolute atomic E-state index is 13.3. The van der Waals surface area contributed by atoms with Crippen molar-refractivity contribution in [1.29, 1.82) is 5.26 Å². The summed E-state index contributed by atoms with van der Waals surface area (Å²) in [6.07, 6.45) is 1.39. The van der Waals surface area contributed by atoms with Crippen LogP contribution in [0, 0.1) is 11.3 Å². The van der Waals surface area contributed by atoms with Gasteiger partial charge in [-0.05, 0) is 36.4 Å². The summed E-state index contributed by atoms with van der Waals surface area (Å²) in [4.78, 5) is 27.4. The molecule has 1 aliphatic rings. The number of nitrogens with zero attached hydrogens (tertiary/aromatic N) is 2. The van der Waals surface area contributed by atoms with E-state index in [4.69, 9.17) is 14.2 Å². The lowest BCUT2D eigenvalue weighted by Crippen LogP contribution is -2.33. The van der Waals surface area contributed by atoms with Gasteiger partial charge in [0.15, 0.2) is 17.3 Å². The zero-order valence-electron chi connectivity index (χ0n) is 18.0. The van der Waals surface area contributed by atoms with Crippen LogP contribution in [-0.2, 0) is 4.74 Å². The number of fused-ring (bicyclic) bond motifs is 1. The number of carbonyl (C=O) groups is 2. The van der Waals surface area contributed by atoms with Gasteiger partial charge in [0, 0.05) is 16.7 Å². The Hall–Kier alpha value is -4.57. The number of hydrogen-bond donors (Lipinski definition) is 0. The van der Waals surface area contributed by atoms with Crippen LogP contribution in [0.5, 0.6) is 11.5 Å². The van der Waals surface area contributed by atoms with Gasteiger partial charge in [-0.2, -0.15) is 5.26 Å². The summed E-state index contributed by atoms with van der Waals surface area (Å²) in [6, 6.07) is 21.6. The molecule has 1 aliphatic heterocycles. The number of benzene rings is 3. The first-order chi connectivity index (χ1) is 16.1. The Morgan fingerprint density at radius 1 is 0.879 bits per heavy atom. The van der Waals surface area contributed by atoms with Gasteiger partial charge in [0.05, 0.1) is 32.1 Å². The number of ether oxygens (including phenoxy) is 3. The molecule has 0 spiro atoms. The molecule has 0 N–H and O–H groups in total. The van der Waals surface area contributed by atoms with E-state index >= 15 is 0 Å². The minimum atomic E-state index is -0.966. The normalized spacial score (nSPS) is 14.4. The maximum Gasteiger partial charge on any atom is 0.343 e. The van der Waals surface area contributed by atoms with Crippen molar-refractivity contribution >= 4 is 17.6 Å². The molecule has 7 nitrogen and oxygen atoms in total. The molecule has 0 saturated heterocycles. The molecule has 7 heteroatoms. The van der Waals surface area contributed by atoms with Gasteiger partial charge >= 0.3 is 5.97 Å². The van der Waals surface area contributed by atoms with Crippen molar-refractivity contribution in [2.45, 2.75) is 6.04 Å². The standard InChI is InChI=1S/C26H20N2O5/c1-31-22-13-19-20(14-23(22)32-2)24(33-26(30)18-11-7-4-8-12-18)16-28(21(19)15-27)25(29)17-9-5-3-6-10-17/h3-14,16,21H,1-2H3. The van der Waals surface area contributed by atoms with Crippen molar-refractivity contribution in [3.63, 3.8) is 0 Å². The number of amides is 1. The fraction of sp³-hybridized carbons (Fsp3) is 0.115. The smallest absolute Gasteiger partial charge is 0.343 e. The number of esters is 1. The zero-order valence-corrected chi connectivity index (χ0v) is 18.0. The third-order valence-electron chi connectivity index (χ3n) is 5.24. The van der Waals surface area contributed by atoms with E-state index in [0.29, 0.717) is 33.8 Å². The summed E-state index contributed by atoms with van der Waals surface area (Å²) in [6.45, 7) is 0. The molecular formula is C26H20N2O5. The zero-order chi connectivity index (χ0) is 23.4. The van der Waals surface area contributed by atoms with Gasteiger partial charge in [-0.3, -0.25) is 9.69 Å². The van der Waals surface area contributed by atoms with Gasteiger partial charge in [-0.15, -0.1) is 0 Å². The molecule has 1 amide bonds. The van der Waals surface area contributed by atoms with Crippen LogP contribution in [0.15, 0.2) is 79.0 Å². The van der Waals surface area contributed by atoms with Crippen LogP contribution in [0.1, 0.15) is 37.9 Å². The van der Waals surface area contributed by atoms with Crippen molar-refractivity contribution < 1.29 is 23.8 Å². The van der Waals surface area contributed by atoms with Crippen molar-refractivity contribution in [1.82, 2.24) is 4.90 Å². The SMILES string of the molecule is COc1cc2c(cc1OC)C(C#N)N(C(=O)c1ccccc1)C=C2OC(=O)c1ccccc1. The van der Waals surface area contributed by atoms with E-state index in [-0.39, 0.29) is 5.76 Å². The predicted octanol–water partition coefficient (Wildman–Crippen LogP) is 4.58. The fourth-order valence-corrected chi connectivity index (χ4v) is 3.61. The Morgan fingerprint density at radius 2 is 1.45 bits per heavy atom. The first-order valence-electron chi connectivity index (χ1n) is 10.1. The van der Waals surface area contributed by atoms with Gasteiger partial charge in [0.1, 0.15) is 6.04 Å². The Kier molecular flexibility index (Phi) is 6.09. The lowest BCUT2D eigenvalue weighted by Gasteiger charge is -2.31. The first-order valence-corrected chi connectivity index (χ1v) is 10.1. The Balaban J connectivity index is 1.84. The van der Waals surface area contributed by atoms with Crippen molar-refractivity contribution in [2.75, 3.05) is 14.2 Å². The molecular weight excluding hydrogens is 420 g/mol. The summed E-state index contributed by atoms with van der Waals surface area (Å²) in [5.41, 5.74) is 1.66. The summed E-state index contributed by atoms with van der Waals surface area (Å²) >= 11 is 0. The lowest BCUT2D eigenvalue weighted by molar-refractivity contribution is 0.0671. The van der Waals surface area contributed by atoms with Crippen LogP contribution >= 0.6 is 0 Å². The molecule has 0 radical (unpaired) electrons. The average Bonchev–Trinajstić information content (AvgIpc) is 2.88. The van der Waals surface area contributed by atoms with Crippen LogP contribution in [0.4, 0.5) is 0 Å². The quantitative estimate of drug-likeness (QED) is 0.540. The van der Waals surface area contributed by atoms with Crippen molar-refractivity contribution in [3.8, 4) is 17.6 Å². The highest BCUT2D eigenvalue weighted by molar-refractivity contribution is 5.98. The highest BCUT2D eigenvalue weighted by Gasteiger charge is 2.35. The second-order valence-electron chi connectivity index (χ2n) is 7.15. The third kappa shape index (κ3) is 4.14. The largest absolute Gasteiger partial charge is 0.493 e. The molecule has 164 valence electrons. The first kappa shape index (κ1) is 21.7. The van der Waals surface area contributed by atoms with Crippen molar-refractivity contribution in [3.05, 3.63) is 101 Å². The third-order valence-corrected chi connectivity index (χ3v) is 5.24. The second kappa shape index (κ2) is 9.28. The van der Waals surface area contributed by atoms with Crippen LogP contribution in [0.3, 0.4) is 0 Å². The summed E-state index contributed by atoms with van der Waals surface area (Å²) in [7, 11) is 2.97. The molecule has 1 heterocycles. The average molecular weight is 440 g/mol. The number of rotatable bonds is 5. The molecule has 3 aromatic rings. The van der Waals surface area contributed by atoms with Gasteiger partial charge in [0.25, 0.3) is 5.91 Å². The highest BCUT2D eigenvalue weighted by Crippen LogP contribution is 2.42. The summed E-state index contributed by atoms with van der Waals surface area (Å²) < 4.78 is 16.5. The molecule has 0 bridgehead atoms. The number of methoxy groups -OCH3 is 2. The molecule has 33 heavy (non-hydrogen) atoms. The second-order valence-corrected chi connectivity index (χ2v) is 7.15. The molecule has 0 saturated carbocycles. The van der Waals surface area contributed by atoms with Crippen molar-refractivity contribution in [2.24, 2.45) is 0 Å². The summed E-state index contributed by atoms with van der Waals surface area (Å²) in [5, 5.41) is 9.99. The van der Waals surface area contributed by atoms with E-state index in [1.54, 1.807) is 72.8 Å². The lowest BCUT2D eigenvalue weighted by atomic mass is 9.94. The summed E-state index contributed by atoms with van der Waals surface area (Å²) in [5.74, 6) is -0.0896. The number of nitriles is 1. The maximum atomic E-state index is 13.3. The Labute approximate surface area is 191 Å². The van der Waals surface area contributed by atoms with Gasteiger partial charge in [-0.1, -0.05) is 36.4 Å². The molecule has 0 aromatic heterocycles. The molecule has 0 fully saturated rings. The molecule has 3 aromatic carbocycles. The minimum Gasteiger partial charge on any atom is -0.493 e. The van der Waals surface area contributed by atoms with E-state index in [1.807, 2.05) is 0 Å². The van der Waals surface area contributed by atoms with Gasteiger partial charge in [-0.25, -0.2) is 4.79 Å². The van der Waals surface area contributed by atoms with Gasteiger partial charge < -0.3 is 14.2 Å². The minimum absolute atomic E-state index is 0.121. The van der Waals surface area contributed by atoms with E-state index in [9.17, 15) is 14.9 Å². The molecule has 1 atom stereocenters. The van der Waals surface area contributed by atoms with E-state index in [1.165, 1.54) is 25.3 Å². The molecule has 1 unspecified atom stereocenters. The van der Waals surface area contributed by atoms with Crippen LogP contribution in [-0.4, -0.2) is 31.0 Å². The van der Waals surface area contributed by atoms with E-state index in [2.05, 4.69) is 6.07 Å².